The van der Waals surface area contributed by atoms with Gasteiger partial charge in [0.15, 0.2) is 6.29 Å². The van der Waals surface area contributed by atoms with Gasteiger partial charge < -0.3 is 15.6 Å². The van der Waals surface area contributed by atoms with Crippen molar-refractivity contribution in [2.24, 2.45) is 5.73 Å². The predicted molar refractivity (Wildman–Crippen MR) is 78.0 cm³/mol. The highest BCUT2D eigenvalue weighted by molar-refractivity contribution is 6.04. The summed E-state index contributed by atoms with van der Waals surface area (Å²) in [5, 5.41) is 9.27. The van der Waals surface area contributed by atoms with Gasteiger partial charge in [-0.2, -0.15) is 0 Å². The molecule has 0 fully saturated rings. The standard InChI is InChI=1S/C13H18N4O4/c1-13(2,3)21-12(20)17-9-6-7(14)4-5-8(9)16(10(17)15)11(18)19/h4-6,10H,14-15H2,1-3H3,(H,18,19). The van der Waals surface area contributed by atoms with E-state index in [1.807, 2.05) is 0 Å². The third-order valence-corrected chi connectivity index (χ3v) is 2.84. The fourth-order valence-corrected chi connectivity index (χ4v) is 2.07. The number of carbonyl (C=O) groups excluding carboxylic acids is 1. The highest BCUT2D eigenvalue weighted by Crippen LogP contribution is 2.40. The lowest BCUT2D eigenvalue weighted by atomic mass is 10.2. The van der Waals surface area contributed by atoms with Crippen molar-refractivity contribution in [3.8, 4) is 0 Å². The maximum absolute atomic E-state index is 12.3. The zero-order chi connectivity index (χ0) is 15.9. The molecule has 0 spiro atoms. The first-order valence-electron chi connectivity index (χ1n) is 6.31. The quantitative estimate of drug-likeness (QED) is 0.626. The number of carboxylic acid groups (broad SMARTS) is 1. The van der Waals surface area contributed by atoms with Crippen molar-refractivity contribution in [3.63, 3.8) is 0 Å². The van der Waals surface area contributed by atoms with E-state index in [9.17, 15) is 14.7 Å². The molecule has 0 aromatic heterocycles. The number of ether oxygens (including phenoxy) is 1. The van der Waals surface area contributed by atoms with Crippen LogP contribution in [0.25, 0.3) is 0 Å². The van der Waals surface area contributed by atoms with E-state index < -0.39 is 24.1 Å². The van der Waals surface area contributed by atoms with Crippen molar-refractivity contribution in [2.45, 2.75) is 32.7 Å². The van der Waals surface area contributed by atoms with Gasteiger partial charge in [-0.15, -0.1) is 0 Å². The number of nitrogens with two attached hydrogens (primary N) is 2. The highest BCUT2D eigenvalue weighted by Gasteiger charge is 2.42. The number of fused-ring (bicyclic) bond motifs is 1. The second-order valence-corrected chi connectivity index (χ2v) is 5.66. The van der Waals surface area contributed by atoms with E-state index in [0.29, 0.717) is 11.4 Å². The van der Waals surface area contributed by atoms with Gasteiger partial charge in [-0.1, -0.05) is 0 Å². The number of rotatable bonds is 0. The smallest absolute Gasteiger partial charge is 0.417 e. The maximum atomic E-state index is 12.3. The van der Waals surface area contributed by atoms with E-state index in [1.165, 1.54) is 12.1 Å². The van der Waals surface area contributed by atoms with Crippen LogP contribution in [0.1, 0.15) is 20.8 Å². The number of nitrogens with zero attached hydrogens (tertiary/aromatic N) is 2. The Kier molecular flexibility index (Phi) is 3.42. The van der Waals surface area contributed by atoms with Gasteiger partial charge in [0.25, 0.3) is 0 Å². The summed E-state index contributed by atoms with van der Waals surface area (Å²) >= 11 is 0. The van der Waals surface area contributed by atoms with Gasteiger partial charge in [0.05, 0.1) is 11.4 Å². The number of hydrogen-bond donors (Lipinski definition) is 3. The van der Waals surface area contributed by atoms with Gasteiger partial charge in [0, 0.05) is 5.69 Å². The number of anilines is 3. The van der Waals surface area contributed by atoms with Crippen molar-refractivity contribution in [1.82, 2.24) is 0 Å². The van der Waals surface area contributed by atoms with Crippen LogP contribution in [0.15, 0.2) is 18.2 Å². The molecule has 1 aromatic carbocycles. The van der Waals surface area contributed by atoms with Crippen LogP contribution in [0.2, 0.25) is 0 Å². The fourth-order valence-electron chi connectivity index (χ4n) is 2.07. The maximum Gasteiger partial charge on any atom is 0.417 e. The van der Waals surface area contributed by atoms with Gasteiger partial charge in [-0.05, 0) is 39.0 Å². The van der Waals surface area contributed by atoms with Gasteiger partial charge in [0.1, 0.15) is 5.60 Å². The molecule has 0 radical (unpaired) electrons. The number of hydrogen-bond acceptors (Lipinski definition) is 5. The van der Waals surface area contributed by atoms with Crippen molar-refractivity contribution in [2.75, 3.05) is 15.5 Å². The van der Waals surface area contributed by atoms with Crippen molar-refractivity contribution >= 4 is 29.2 Å². The van der Waals surface area contributed by atoms with Crippen LogP contribution in [0.4, 0.5) is 26.7 Å². The molecule has 8 heteroatoms. The Morgan fingerprint density at radius 3 is 2.38 bits per heavy atom. The lowest BCUT2D eigenvalue weighted by Gasteiger charge is -2.28. The molecule has 1 aromatic rings. The van der Waals surface area contributed by atoms with E-state index in [-0.39, 0.29) is 5.69 Å². The summed E-state index contributed by atoms with van der Waals surface area (Å²) in [7, 11) is 0. The van der Waals surface area contributed by atoms with Gasteiger partial charge in [-0.3, -0.25) is 5.73 Å². The summed E-state index contributed by atoms with van der Waals surface area (Å²) in [5.41, 5.74) is 11.8. The number of nitrogen functional groups attached to an aromatic ring is 1. The largest absolute Gasteiger partial charge is 0.465 e. The lowest BCUT2D eigenvalue weighted by molar-refractivity contribution is 0.0570. The normalized spacial score (nSPS) is 17.6. The molecular formula is C13H18N4O4. The molecule has 1 atom stereocenters. The van der Waals surface area contributed by atoms with Crippen LogP contribution in [-0.4, -0.2) is 29.2 Å². The van der Waals surface area contributed by atoms with Gasteiger partial charge in [0.2, 0.25) is 0 Å². The Bertz CT molecular complexity index is 596. The van der Waals surface area contributed by atoms with E-state index in [1.54, 1.807) is 26.8 Å². The first kappa shape index (κ1) is 14.9. The van der Waals surface area contributed by atoms with E-state index in [4.69, 9.17) is 16.2 Å². The molecule has 1 heterocycles. The molecule has 0 saturated heterocycles. The van der Waals surface area contributed by atoms with Crippen LogP contribution in [0, 0.1) is 0 Å². The molecular weight excluding hydrogens is 276 g/mol. The molecule has 5 N–H and O–H groups in total. The SMILES string of the molecule is CC(C)(C)OC(=O)N1c2cc(N)ccc2N(C(=O)O)C1N. The molecule has 1 unspecified atom stereocenters. The Hall–Kier alpha value is -2.48. The third kappa shape index (κ3) is 2.70. The van der Waals surface area contributed by atoms with Gasteiger partial charge in [-0.25, -0.2) is 19.4 Å². The number of carbonyl (C=O) groups is 2. The van der Waals surface area contributed by atoms with Crippen molar-refractivity contribution in [1.29, 1.82) is 0 Å². The van der Waals surface area contributed by atoms with Crippen molar-refractivity contribution in [3.05, 3.63) is 18.2 Å². The van der Waals surface area contributed by atoms with E-state index in [2.05, 4.69) is 0 Å². The predicted octanol–water partition coefficient (Wildman–Crippen LogP) is 1.75. The first-order chi connectivity index (χ1) is 9.61. The first-order valence-corrected chi connectivity index (χ1v) is 6.31. The lowest BCUT2D eigenvalue weighted by Crippen LogP contribution is -2.55. The summed E-state index contributed by atoms with van der Waals surface area (Å²) in [6.45, 7) is 5.13. The molecule has 114 valence electrons. The third-order valence-electron chi connectivity index (χ3n) is 2.84. The number of benzene rings is 1. The second kappa shape index (κ2) is 4.81. The second-order valence-electron chi connectivity index (χ2n) is 5.66. The fraction of sp³-hybridized carbons (Fsp3) is 0.385. The molecule has 1 aliphatic rings. The Labute approximate surface area is 121 Å². The summed E-state index contributed by atoms with van der Waals surface area (Å²) in [6, 6.07) is 4.53. The minimum Gasteiger partial charge on any atom is -0.465 e. The Morgan fingerprint density at radius 1 is 1.24 bits per heavy atom. The van der Waals surface area contributed by atoms with Crippen molar-refractivity contribution < 1.29 is 19.4 Å². The summed E-state index contributed by atoms with van der Waals surface area (Å²) in [4.78, 5) is 25.6. The van der Waals surface area contributed by atoms with Gasteiger partial charge >= 0.3 is 12.2 Å². The molecule has 8 nitrogen and oxygen atoms in total. The highest BCUT2D eigenvalue weighted by atomic mass is 16.6. The van der Waals surface area contributed by atoms with Crippen LogP contribution in [-0.2, 0) is 4.74 Å². The van der Waals surface area contributed by atoms with Crippen LogP contribution >= 0.6 is 0 Å². The summed E-state index contributed by atoms with van der Waals surface area (Å²) in [5.74, 6) is 0. The average Bonchev–Trinajstić information content (AvgIpc) is 2.57. The van der Waals surface area contributed by atoms with Crippen LogP contribution in [0.3, 0.4) is 0 Å². The summed E-state index contributed by atoms with van der Waals surface area (Å²) in [6.07, 6.45) is -3.20. The van der Waals surface area contributed by atoms with E-state index in [0.717, 1.165) is 9.80 Å². The molecule has 2 amide bonds. The van der Waals surface area contributed by atoms with Crippen LogP contribution in [0.5, 0.6) is 0 Å². The summed E-state index contributed by atoms with van der Waals surface area (Å²) < 4.78 is 5.26. The zero-order valence-corrected chi connectivity index (χ0v) is 12.0. The number of amides is 2. The monoisotopic (exact) mass is 294 g/mol. The van der Waals surface area contributed by atoms with E-state index >= 15 is 0 Å². The molecule has 0 saturated carbocycles. The molecule has 2 rings (SSSR count). The minimum absolute atomic E-state index is 0.287. The average molecular weight is 294 g/mol. The Morgan fingerprint density at radius 2 is 1.86 bits per heavy atom. The minimum atomic E-state index is -1.26. The molecule has 21 heavy (non-hydrogen) atoms. The van der Waals surface area contributed by atoms with Crippen LogP contribution < -0.4 is 21.3 Å². The Balaban J connectivity index is 2.46. The molecule has 0 aliphatic carbocycles. The zero-order valence-electron chi connectivity index (χ0n) is 12.0. The molecule has 1 aliphatic heterocycles. The molecule has 0 bridgehead atoms. The topological polar surface area (TPSA) is 122 Å².